The summed E-state index contributed by atoms with van der Waals surface area (Å²) in [5.74, 6) is -0.362. The number of hydrogen-bond donors (Lipinski definition) is 0. The maximum atomic E-state index is 12.5. The first-order chi connectivity index (χ1) is 13.0. The number of aryl methyl sites for hydroxylation is 1. The summed E-state index contributed by atoms with van der Waals surface area (Å²) in [6, 6.07) is 15.1. The summed E-state index contributed by atoms with van der Waals surface area (Å²) in [5, 5.41) is 0.734. The van der Waals surface area contributed by atoms with E-state index in [-0.39, 0.29) is 11.3 Å². The van der Waals surface area contributed by atoms with E-state index in [1.807, 2.05) is 49.4 Å². The highest BCUT2D eigenvalue weighted by Crippen LogP contribution is 2.22. The molecule has 1 aromatic heterocycles. The van der Waals surface area contributed by atoms with Crippen molar-refractivity contribution >= 4 is 28.5 Å². The Morgan fingerprint density at radius 1 is 1.04 bits per heavy atom. The van der Waals surface area contributed by atoms with Gasteiger partial charge in [-0.1, -0.05) is 35.9 Å². The monoisotopic (exact) mass is 361 g/mol. The lowest BCUT2D eigenvalue weighted by Gasteiger charge is -2.20. The first-order valence-corrected chi connectivity index (χ1v) is 9.13. The normalized spacial score (nSPS) is 11.2. The van der Waals surface area contributed by atoms with Crippen LogP contribution in [0.1, 0.15) is 35.3 Å². The van der Waals surface area contributed by atoms with Crippen molar-refractivity contribution in [1.82, 2.24) is 0 Å². The van der Waals surface area contributed by atoms with Gasteiger partial charge in [0.05, 0.1) is 0 Å². The molecule has 0 aliphatic carbocycles. The zero-order chi connectivity index (χ0) is 19.4. The maximum Gasteiger partial charge on any atom is 0.347 e. The third-order valence-electron chi connectivity index (χ3n) is 4.62. The summed E-state index contributed by atoms with van der Waals surface area (Å²) >= 11 is 0. The molecule has 0 spiro atoms. The Morgan fingerprint density at radius 2 is 1.74 bits per heavy atom. The summed E-state index contributed by atoms with van der Waals surface area (Å²) in [6.07, 6.45) is 3.11. The van der Waals surface area contributed by atoms with Crippen LogP contribution in [0.2, 0.25) is 0 Å². The van der Waals surface area contributed by atoms with Gasteiger partial charge < -0.3 is 9.32 Å². The van der Waals surface area contributed by atoms with E-state index in [1.54, 1.807) is 12.1 Å². The van der Waals surface area contributed by atoms with Crippen LogP contribution < -0.4 is 10.5 Å². The number of benzene rings is 2. The highest BCUT2D eigenvalue weighted by Gasteiger charge is 2.12. The lowest BCUT2D eigenvalue weighted by atomic mass is 10.1. The van der Waals surface area contributed by atoms with Crippen LogP contribution in [0, 0.1) is 6.92 Å². The minimum absolute atomic E-state index is 0.0430. The highest BCUT2D eigenvalue weighted by molar-refractivity contribution is 6.07. The minimum atomic E-state index is -0.613. The molecule has 0 aliphatic heterocycles. The largest absolute Gasteiger partial charge is 0.422 e. The number of ketones is 1. The molecule has 0 saturated carbocycles. The van der Waals surface area contributed by atoms with Gasteiger partial charge in [-0.2, -0.15) is 0 Å². The van der Waals surface area contributed by atoms with Gasteiger partial charge in [0.1, 0.15) is 11.1 Å². The van der Waals surface area contributed by atoms with Gasteiger partial charge in [0.25, 0.3) is 0 Å². The van der Waals surface area contributed by atoms with Crippen molar-refractivity contribution in [3.05, 3.63) is 81.7 Å². The van der Waals surface area contributed by atoms with E-state index in [0.29, 0.717) is 5.58 Å². The molecule has 0 N–H and O–H groups in total. The number of allylic oxidation sites excluding steroid dienone is 1. The fourth-order valence-electron chi connectivity index (χ4n) is 3.00. The van der Waals surface area contributed by atoms with E-state index >= 15 is 0 Å². The molecule has 0 radical (unpaired) electrons. The fraction of sp³-hybridized carbons (Fsp3) is 0.217. The number of hydrogen-bond acceptors (Lipinski definition) is 4. The minimum Gasteiger partial charge on any atom is -0.422 e. The predicted molar refractivity (Wildman–Crippen MR) is 111 cm³/mol. The number of rotatable bonds is 6. The molecule has 4 heteroatoms. The molecule has 27 heavy (non-hydrogen) atoms. The van der Waals surface area contributed by atoms with Crippen molar-refractivity contribution in [2.45, 2.75) is 20.8 Å². The Kier molecular flexibility index (Phi) is 5.55. The van der Waals surface area contributed by atoms with Crippen molar-refractivity contribution in [3.8, 4) is 0 Å². The number of fused-ring (bicyclic) bond motifs is 1. The van der Waals surface area contributed by atoms with Gasteiger partial charge >= 0.3 is 5.63 Å². The van der Waals surface area contributed by atoms with Gasteiger partial charge in [-0.25, -0.2) is 4.79 Å². The molecule has 3 aromatic rings. The molecule has 0 saturated heterocycles. The Bertz CT molecular complexity index is 1040. The molecule has 0 atom stereocenters. The predicted octanol–water partition coefficient (Wildman–Crippen LogP) is 4.84. The number of carbonyl (C=O) groups is 1. The summed E-state index contributed by atoms with van der Waals surface area (Å²) in [5.41, 5.74) is 2.97. The molecule has 0 fully saturated rings. The van der Waals surface area contributed by atoms with Crippen molar-refractivity contribution < 1.29 is 9.21 Å². The Balaban J connectivity index is 1.91. The van der Waals surface area contributed by atoms with Crippen LogP contribution in [-0.2, 0) is 0 Å². The zero-order valence-electron chi connectivity index (χ0n) is 15.9. The Morgan fingerprint density at radius 3 is 2.41 bits per heavy atom. The smallest absolute Gasteiger partial charge is 0.347 e. The van der Waals surface area contributed by atoms with Crippen LogP contribution >= 0.6 is 0 Å². The van der Waals surface area contributed by atoms with Gasteiger partial charge in [-0.15, -0.1) is 0 Å². The van der Waals surface area contributed by atoms with Crippen molar-refractivity contribution in [1.29, 1.82) is 0 Å². The summed E-state index contributed by atoms with van der Waals surface area (Å²) in [4.78, 5) is 26.9. The zero-order valence-corrected chi connectivity index (χ0v) is 15.9. The van der Waals surface area contributed by atoms with Crippen LogP contribution in [0.5, 0.6) is 0 Å². The van der Waals surface area contributed by atoms with Crippen molar-refractivity contribution in [2.24, 2.45) is 0 Å². The third kappa shape index (κ3) is 4.17. The van der Waals surface area contributed by atoms with Crippen LogP contribution in [-0.4, -0.2) is 18.9 Å². The molecule has 4 nitrogen and oxygen atoms in total. The molecule has 0 aliphatic rings. The van der Waals surface area contributed by atoms with Crippen LogP contribution in [0.3, 0.4) is 0 Å². The van der Waals surface area contributed by atoms with Crippen LogP contribution in [0.15, 0.2) is 63.8 Å². The van der Waals surface area contributed by atoms with Gasteiger partial charge in [-0.3, -0.25) is 4.79 Å². The Hall–Kier alpha value is -3.14. The van der Waals surface area contributed by atoms with E-state index < -0.39 is 5.63 Å². The molecular formula is C23H23NO3. The molecule has 0 bridgehead atoms. The quantitative estimate of drug-likeness (QED) is 0.358. The van der Waals surface area contributed by atoms with E-state index in [4.69, 9.17) is 4.42 Å². The molecule has 0 unspecified atom stereocenters. The lowest BCUT2D eigenvalue weighted by molar-refractivity contribution is 0.104. The van der Waals surface area contributed by atoms with Gasteiger partial charge in [0.2, 0.25) is 0 Å². The van der Waals surface area contributed by atoms with Crippen molar-refractivity contribution in [2.75, 3.05) is 18.0 Å². The van der Waals surface area contributed by atoms with Gasteiger partial charge in [0.15, 0.2) is 5.78 Å². The second kappa shape index (κ2) is 8.04. The van der Waals surface area contributed by atoms with Gasteiger partial charge in [-0.05, 0) is 50.6 Å². The van der Waals surface area contributed by atoms with E-state index in [0.717, 1.165) is 35.3 Å². The molecule has 1 heterocycles. The third-order valence-corrected chi connectivity index (χ3v) is 4.62. The van der Waals surface area contributed by atoms with Gasteiger partial charge in [0, 0.05) is 30.2 Å². The summed E-state index contributed by atoms with van der Waals surface area (Å²) in [7, 11) is 0. The Labute approximate surface area is 158 Å². The van der Waals surface area contributed by atoms with Crippen LogP contribution in [0.4, 0.5) is 5.69 Å². The summed E-state index contributed by atoms with van der Waals surface area (Å²) in [6.45, 7) is 7.89. The SMILES string of the molecule is CCN(CC)c1ccc2cc(C(=O)/C=C/c3ccc(C)cc3)c(=O)oc2c1. The van der Waals surface area contributed by atoms with E-state index in [9.17, 15) is 9.59 Å². The first-order valence-electron chi connectivity index (χ1n) is 9.13. The van der Waals surface area contributed by atoms with Crippen LogP contribution in [0.25, 0.3) is 17.0 Å². The maximum absolute atomic E-state index is 12.5. The van der Waals surface area contributed by atoms with E-state index in [1.165, 1.54) is 6.08 Å². The molecule has 3 rings (SSSR count). The van der Waals surface area contributed by atoms with E-state index in [2.05, 4.69) is 18.7 Å². The highest BCUT2D eigenvalue weighted by atomic mass is 16.4. The second-order valence-corrected chi connectivity index (χ2v) is 6.45. The molecule has 2 aromatic carbocycles. The molecular weight excluding hydrogens is 338 g/mol. The lowest BCUT2D eigenvalue weighted by Crippen LogP contribution is -2.21. The number of anilines is 1. The number of nitrogens with zero attached hydrogens (tertiary/aromatic N) is 1. The van der Waals surface area contributed by atoms with Crippen molar-refractivity contribution in [3.63, 3.8) is 0 Å². The second-order valence-electron chi connectivity index (χ2n) is 6.45. The molecule has 138 valence electrons. The molecule has 0 amide bonds. The number of carbonyl (C=O) groups excluding carboxylic acids is 1. The summed E-state index contributed by atoms with van der Waals surface area (Å²) < 4.78 is 5.42. The fourth-order valence-corrected chi connectivity index (χ4v) is 3.00. The standard InChI is InChI=1S/C23H23NO3/c1-4-24(5-2)19-12-11-18-14-20(23(26)27-22(18)15-19)21(25)13-10-17-8-6-16(3)7-9-17/h6-15H,4-5H2,1-3H3/b13-10+. The average Bonchev–Trinajstić information content (AvgIpc) is 2.67. The topological polar surface area (TPSA) is 50.5 Å². The average molecular weight is 361 g/mol. The first kappa shape index (κ1) is 18.6.